The predicted molar refractivity (Wildman–Crippen MR) is 98.6 cm³/mol. The minimum absolute atomic E-state index is 0.292. The Bertz CT molecular complexity index is 899. The summed E-state index contributed by atoms with van der Waals surface area (Å²) >= 11 is 18.7. The normalized spacial score (nSPS) is 13.9. The third-order valence-corrected chi connectivity index (χ3v) is 4.92. The van der Waals surface area contributed by atoms with Crippen LogP contribution in [0.4, 0.5) is 0 Å². The Kier molecular flexibility index (Phi) is 4.63. The Labute approximate surface area is 160 Å². The van der Waals surface area contributed by atoms with Gasteiger partial charge in [-0.1, -0.05) is 46.0 Å². The van der Waals surface area contributed by atoms with Gasteiger partial charge >= 0.3 is 0 Å². The van der Waals surface area contributed by atoms with Crippen molar-refractivity contribution >= 4 is 34.8 Å². The molecule has 0 unspecified atom stereocenters. The van der Waals surface area contributed by atoms with Gasteiger partial charge in [0.25, 0.3) is 0 Å². The molecule has 127 valence electrons. The largest absolute Gasteiger partial charge is 0.489 e. The summed E-state index contributed by atoms with van der Waals surface area (Å²) in [6.07, 6.45) is 2.17. The van der Waals surface area contributed by atoms with Crippen LogP contribution in [0.15, 0.2) is 40.9 Å². The van der Waals surface area contributed by atoms with E-state index in [0.29, 0.717) is 44.6 Å². The summed E-state index contributed by atoms with van der Waals surface area (Å²) in [5.41, 5.74) is 2.17. The lowest BCUT2D eigenvalue weighted by atomic mass is 10.0. The average molecular weight is 394 g/mol. The molecule has 1 fully saturated rings. The number of ether oxygens (including phenoxy) is 1. The SMILES string of the molecule is Clc1c[c]cc(OCc2c(-c3c(Cl)cccc3Cl)noc2C2CC2)c1. The molecular weight excluding hydrogens is 381 g/mol. The highest BCUT2D eigenvalue weighted by atomic mass is 35.5. The smallest absolute Gasteiger partial charge is 0.147 e. The highest BCUT2D eigenvalue weighted by Crippen LogP contribution is 2.46. The molecule has 0 aliphatic heterocycles. The number of rotatable bonds is 5. The maximum atomic E-state index is 6.35. The zero-order valence-corrected chi connectivity index (χ0v) is 15.3. The molecule has 0 spiro atoms. The van der Waals surface area contributed by atoms with Crippen LogP contribution in [0.2, 0.25) is 15.1 Å². The standard InChI is InChI=1S/C19H13Cl3NO2/c20-12-3-1-4-13(9-12)24-10-14-18(23-25-19(14)11-7-8-11)17-15(21)5-2-6-16(17)22/h2-6,9,11H,7-8,10H2. The number of halogens is 3. The molecule has 2 aromatic carbocycles. The summed E-state index contributed by atoms with van der Waals surface area (Å²) in [5, 5.41) is 5.87. The third-order valence-electron chi connectivity index (χ3n) is 4.08. The number of aromatic nitrogens is 1. The van der Waals surface area contributed by atoms with E-state index < -0.39 is 0 Å². The molecule has 3 aromatic rings. The molecule has 6 heteroatoms. The molecule has 0 atom stereocenters. The molecule has 0 saturated heterocycles. The van der Waals surface area contributed by atoms with Gasteiger partial charge in [0.15, 0.2) is 0 Å². The van der Waals surface area contributed by atoms with Crippen LogP contribution in [0.5, 0.6) is 5.75 Å². The summed E-state index contributed by atoms with van der Waals surface area (Å²) in [6, 6.07) is 13.5. The first kappa shape index (κ1) is 16.8. The van der Waals surface area contributed by atoms with Gasteiger partial charge in [-0.05, 0) is 49.2 Å². The van der Waals surface area contributed by atoms with E-state index in [4.69, 9.17) is 44.1 Å². The van der Waals surface area contributed by atoms with E-state index in [2.05, 4.69) is 11.2 Å². The molecular formula is C19H13Cl3NO2. The molecule has 0 N–H and O–H groups in total. The van der Waals surface area contributed by atoms with E-state index in [1.165, 1.54) is 0 Å². The summed E-state index contributed by atoms with van der Waals surface area (Å²) in [5.74, 6) is 1.86. The van der Waals surface area contributed by atoms with E-state index in [-0.39, 0.29) is 0 Å². The monoisotopic (exact) mass is 392 g/mol. The highest BCUT2D eigenvalue weighted by Gasteiger charge is 2.33. The van der Waals surface area contributed by atoms with Gasteiger partial charge in [-0.15, -0.1) is 0 Å². The van der Waals surface area contributed by atoms with E-state index in [1.54, 1.807) is 36.4 Å². The second-order valence-corrected chi connectivity index (χ2v) is 7.17. The van der Waals surface area contributed by atoms with E-state index in [1.807, 2.05) is 0 Å². The van der Waals surface area contributed by atoms with Crippen LogP contribution in [-0.2, 0) is 6.61 Å². The zero-order valence-electron chi connectivity index (χ0n) is 13.1. The number of hydrogen-bond acceptors (Lipinski definition) is 3. The lowest BCUT2D eigenvalue weighted by Crippen LogP contribution is -2.00. The lowest BCUT2D eigenvalue weighted by molar-refractivity contribution is 0.300. The van der Waals surface area contributed by atoms with Gasteiger partial charge < -0.3 is 9.26 Å². The van der Waals surface area contributed by atoms with Crippen molar-refractivity contribution in [2.24, 2.45) is 0 Å². The molecule has 3 nitrogen and oxygen atoms in total. The Morgan fingerprint density at radius 2 is 1.92 bits per heavy atom. The van der Waals surface area contributed by atoms with E-state index >= 15 is 0 Å². The first-order valence-corrected chi connectivity index (χ1v) is 8.99. The summed E-state index contributed by atoms with van der Waals surface area (Å²) in [4.78, 5) is 0. The van der Waals surface area contributed by atoms with Gasteiger partial charge in [-0.25, -0.2) is 0 Å². The fourth-order valence-electron chi connectivity index (χ4n) is 2.71. The van der Waals surface area contributed by atoms with Crippen molar-refractivity contribution in [1.29, 1.82) is 0 Å². The Hall–Kier alpha value is -1.68. The molecule has 0 amide bonds. The van der Waals surface area contributed by atoms with Crippen molar-refractivity contribution in [3.05, 3.63) is 68.9 Å². The van der Waals surface area contributed by atoms with Gasteiger partial charge in [0, 0.05) is 16.5 Å². The molecule has 25 heavy (non-hydrogen) atoms. The Balaban J connectivity index is 1.71. The first-order valence-electron chi connectivity index (χ1n) is 7.85. The fourth-order valence-corrected chi connectivity index (χ4v) is 3.46. The van der Waals surface area contributed by atoms with Gasteiger partial charge in [-0.2, -0.15) is 0 Å². The van der Waals surface area contributed by atoms with Crippen LogP contribution >= 0.6 is 34.8 Å². The van der Waals surface area contributed by atoms with Gasteiger partial charge in [-0.3, -0.25) is 0 Å². The molecule has 1 heterocycles. The van der Waals surface area contributed by atoms with Crippen LogP contribution in [0.25, 0.3) is 11.3 Å². The molecule has 1 aromatic heterocycles. The molecule has 1 aliphatic carbocycles. The summed E-state index contributed by atoms with van der Waals surface area (Å²) in [6.45, 7) is 0.292. The van der Waals surface area contributed by atoms with Crippen LogP contribution in [0, 0.1) is 6.07 Å². The van der Waals surface area contributed by atoms with Gasteiger partial charge in [0.1, 0.15) is 23.8 Å². The third kappa shape index (κ3) is 3.50. The second kappa shape index (κ2) is 6.91. The van der Waals surface area contributed by atoms with Gasteiger partial charge in [0.2, 0.25) is 0 Å². The second-order valence-electron chi connectivity index (χ2n) is 5.92. The predicted octanol–water partition coefficient (Wildman–Crippen LogP) is 6.56. The van der Waals surface area contributed by atoms with E-state index in [0.717, 1.165) is 24.2 Å². The van der Waals surface area contributed by atoms with Crippen LogP contribution < -0.4 is 4.74 Å². The Morgan fingerprint density at radius 3 is 2.60 bits per heavy atom. The van der Waals surface area contributed by atoms with E-state index in [9.17, 15) is 0 Å². The Morgan fingerprint density at radius 1 is 1.16 bits per heavy atom. The van der Waals surface area contributed by atoms with Crippen molar-refractivity contribution < 1.29 is 9.26 Å². The van der Waals surface area contributed by atoms with Crippen molar-refractivity contribution in [1.82, 2.24) is 5.16 Å². The number of nitrogens with zero attached hydrogens (tertiary/aromatic N) is 1. The minimum atomic E-state index is 0.292. The number of hydrogen-bond donors (Lipinski definition) is 0. The van der Waals surface area contributed by atoms with Crippen molar-refractivity contribution in [2.45, 2.75) is 25.4 Å². The molecule has 1 saturated carbocycles. The summed E-state index contributed by atoms with van der Waals surface area (Å²) in [7, 11) is 0. The van der Waals surface area contributed by atoms with Crippen LogP contribution in [0.1, 0.15) is 30.1 Å². The fraction of sp³-hybridized carbons (Fsp3) is 0.211. The maximum Gasteiger partial charge on any atom is 0.147 e. The quantitative estimate of drug-likeness (QED) is 0.492. The van der Waals surface area contributed by atoms with Gasteiger partial charge in [0.05, 0.1) is 15.6 Å². The van der Waals surface area contributed by atoms with Crippen LogP contribution in [-0.4, -0.2) is 5.16 Å². The van der Waals surface area contributed by atoms with Crippen LogP contribution in [0.3, 0.4) is 0 Å². The molecule has 0 bridgehead atoms. The van der Waals surface area contributed by atoms with Crippen molar-refractivity contribution in [2.75, 3.05) is 0 Å². The number of benzene rings is 2. The minimum Gasteiger partial charge on any atom is -0.489 e. The molecule has 1 aliphatic rings. The highest BCUT2D eigenvalue weighted by molar-refractivity contribution is 6.39. The summed E-state index contributed by atoms with van der Waals surface area (Å²) < 4.78 is 11.5. The molecule has 4 rings (SSSR count). The van der Waals surface area contributed by atoms with Crippen molar-refractivity contribution in [3.63, 3.8) is 0 Å². The van der Waals surface area contributed by atoms with Crippen molar-refractivity contribution in [3.8, 4) is 17.0 Å². The lowest BCUT2D eigenvalue weighted by Gasteiger charge is -2.09. The zero-order chi connectivity index (χ0) is 17.4. The first-order chi connectivity index (χ1) is 12.1. The average Bonchev–Trinajstić information content (AvgIpc) is 3.34. The maximum absolute atomic E-state index is 6.35. The topological polar surface area (TPSA) is 35.3 Å². The molecule has 1 radical (unpaired) electrons.